The summed E-state index contributed by atoms with van der Waals surface area (Å²) in [6, 6.07) is 1.94. The van der Waals surface area contributed by atoms with Gasteiger partial charge in [-0.15, -0.1) is 0 Å². The SMILES string of the molecule is CCC(CC)C(O)CNc1nccc2c1ncn2C. The molecule has 0 amide bonds. The quantitative estimate of drug-likeness (QED) is 0.837. The average Bonchev–Trinajstić information content (AvgIpc) is 2.80. The van der Waals surface area contributed by atoms with E-state index < -0.39 is 0 Å². The highest BCUT2D eigenvalue weighted by Crippen LogP contribution is 2.19. The number of hydrogen-bond donors (Lipinski definition) is 2. The molecule has 0 radical (unpaired) electrons. The number of hydrogen-bond acceptors (Lipinski definition) is 4. The molecule has 2 aromatic heterocycles. The Balaban J connectivity index is 2.09. The van der Waals surface area contributed by atoms with E-state index in [1.54, 1.807) is 12.5 Å². The molecule has 2 rings (SSSR count). The average molecular weight is 262 g/mol. The molecule has 0 saturated heterocycles. The summed E-state index contributed by atoms with van der Waals surface area (Å²) in [6.45, 7) is 4.72. The van der Waals surface area contributed by atoms with Gasteiger partial charge in [0.25, 0.3) is 0 Å². The summed E-state index contributed by atoms with van der Waals surface area (Å²) in [7, 11) is 1.96. The molecule has 19 heavy (non-hydrogen) atoms. The van der Waals surface area contributed by atoms with Crippen molar-refractivity contribution in [2.75, 3.05) is 11.9 Å². The van der Waals surface area contributed by atoms with E-state index in [2.05, 4.69) is 29.1 Å². The minimum atomic E-state index is -0.351. The van der Waals surface area contributed by atoms with Gasteiger partial charge in [-0.3, -0.25) is 0 Å². The van der Waals surface area contributed by atoms with Crippen molar-refractivity contribution in [1.29, 1.82) is 0 Å². The van der Waals surface area contributed by atoms with Gasteiger partial charge in [0.05, 0.1) is 17.9 Å². The Morgan fingerprint density at radius 1 is 1.32 bits per heavy atom. The second-order valence-corrected chi connectivity index (χ2v) is 4.91. The Kier molecular flexibility index (Phi) is 4.37. The highest BCUT2D eigenvalue weighted by molar-refractivity contribution is 5.85. The summed E-state index contributed by atoms with van der Waals surface area (Å²) < 4.78 is 1.96. The number of aliphatic hydroxyl groups is 1. The molecular weight excluding hydrogens is 240 g/mol. The van der Waals surface area contributed by atoms with Crippen LogP contribution in [-0.4, -0.2) is 32.3 Å². The third kappa shape index (κ3) is 2.87. The number of aliphatic hydroxyl groups excluding tert-OH is 1. The first-order valence-electron chi connectivity index (χ1n) is 6.85. The van der Waals surface area contributed by atoms with Crippen molar-refractivity contribution in [2.24, 2.45) is 13.0 Å². The number of aryl methyl sites for hydroxylation is 1. The van der Waals surface area contributed by atoms with E-state index in [-0.39, 0.29) is 6.10 Å². The minimum absolute atomic E-state index is 0.329. The molecule has 0 aliphatic rings. The first kappa shape index (κ1) is 13.8. The molecule has 1 unspecified atom stereocenters. The molecule has 0 fully saturated rings. The number of pyridine rings is 1. The van der Waals surface area contributed by atoms with Gasteiger partial charge in [-0.05, 0) is 12.0 Å². The van der Waals surface area contributed by atoms with Crippen LogP contribution >= 0.6 is 0 Å². The van der Waals surface area contributed by atoms with Crippen LogP contribution in [0.1, 0.15) is 26.7 Å². The lowest BCUT2D eigenvalue weighted by molar-refractivity contribution is 0.114. The van der Waals surface area contributed by atoms with E-state index in [0.717, 1.165) is 29.7 Å². The standard InChI is InChI=1S/C14H22N4O/c1-4-10(5-2)12(19)8-16-14-13-11(6-7-15-14)18(3)9-17-13/h6-7,9-10,12,19H,4-5,8H2,1-3H3,(H,15,16). The molecule has 5 heteroatoms. The Bertz CT molecular complexity index is 533. The van der Waals surface area contributed by atoms with Gasteiger partial charge < -0.3 is 15.0 Å². The molecule has 2 N–H and O–H groups in total. The van der Waals surface area contributed by atoms with Crippen molar-refractivity contribution >= 4 is 16.9 Å². The molecule has 2 heterocycles. The molecule has 0 aliphatic carbocycles. The van der Waals surface area contributed by atoms with Gasteiger partial charge in [0.2, 0.25) is 0 Å². The number of nitrogens with zero attached hydrogens (tertiary/aromatic N) is 3. The maximum Gasteiger partial charge on any atom is 0.154 e. The molecule has 0 bridgehead atoms. The van der Waals surface area contributed by atoms with E-state index in [1.807, 2.05) is 17.7 Å². The zero-order valence-corrected chi connectivity index (χ0v) is 11.8. The normalized spacial score (nSPS) is 13.1. The van der Waals surface area contributed by atoms with E-state index in [9.17, 15) is 5.11 Å². The smallest absolute Gasteiger partial charge is 0.154 e. The lowest BCUT2D eigenvalue weighted by Gasteiger charge is -2.20. The maximum atomic E-state index is 10.1. The Morgan fingerprint density at radius 3 is 2.74 bits per heavy atom. The van der Waals surface area contributed by atoms with E-state index in [4.69, 9.17) is 0 Å². The van der Waals surface area contributed by atoms with Crippen molar-refractivity contribution in [3.8, 4) is 0 Å². The topological polar surface area (TPSA) is 63.0 Å². The number of fused-ring (bicyclic) bond motifs is 1. The van der Waals surface area contributed by atoms with Gasteiger partial charge in [-0.2, -0.15) is 0 Å². The summed E-state index contributed by atoms with van der Waals surface area (Å²) >= 11 is 0. The molecule has 0 aliphatic heterocycles. The molecule has 2 aromatic rings. The molecule has 0 spiro atoms. The van der Waals surface area contributed by atoms with Gasteiger partial charge >= 0.3 is 0 Å². The second kappa shape index (κ2) is 6.02. The van der Waals surface area contributed by atoms with Crippen LogP contribution in [-0.2, 0) is 7.05 Å². The molecule has 0 aromatic carbocycles. The summed E-state index contributed by atoms with van der Waals surface area (Å²) in [6.07, 6.45) is 5.15. The number of rotatable bonds is 6. The second-order valence-electron chi connectivity index (χ2n) is 4.91. The maximum absolute atomic E-state index is 10.1. The predicted molar refractivity (Wildman–Crippen MR) is 77.1 cm³/mol. The third-order valence-corrected chi connectivity index (χ3v) is 3.71. The summed E-state index contributed by atoms with van der Waals surface area (Å²) in [4.78, 5) is 8.64. The molecule has 104 valence electrons. The zero-order valence-electron chi connectivity index (χ0n) is 11.8. The molecule has 5 nitrogen and oxygen atoms in total. The van der Waals surface area contributed by atoms with Crippen LogP contribution in [0, 0.1) is 5.92 Å². The van der Waals surface area contributed by atoms with Gasteiger partial charge in [0, 0.05) is 19.8 Å². The Hall–Kier alpha value is -1.62. The van der Waals surface area contributed by atoms with Gasteiger partial charge in [0.15, 0.2) is 5.82 Å². The highest BCUT2D eigenvalue weighted by atomic mass is 16.3. The van der Waals surface area contributed by atoms with Crippen molar-refractivity contribution in [1.82, 2.24) is 14.5 Å². The van der Waals surface area contributed by atoms with Crippen LogP contribution < -0.4 is 5.32 Å². The van der Waals surface area contributed by atoms with Crippen molar-refractivity contribution < 1.29 is 5.11 Å². The third-order valence-electron chi connectivity index (χ3n) is 3.71. The summed E-state index contributed by atoms with van der Waals surface area (Å²) in [5.41, 5.74) is 1.89. The lowest BCUT2D eigenvalue weighted by Crippen LogP contribution is -2.28. The summed E-state index contributed by atoms with van der Waals surface area (Å²) in [5, 5.41) is 13.3. The highest BCUT2D eigenvalue weighted by Gasteiger charge is 2.16. The van der Waals surface area contributed by atoms with Crippen LogP contribution in [0.15, 0.2) is 18.6 Å². The van der Waals surface area contributed by atoms with Crippen LogP contribution in [0.5, 0.6) is 0 Å². The fraction of sp³-hybridized carbons (Fsp3) is 0.571. The lowest BCUT2D eigenvalue weighted by atomic mass is 9.96. The van der Waals surface area contributed by atoms with Crippen LogP contribution in [0.4, 0.5) is 5.82 Å². The van der Waals surface area contributed by atoms with Crippen LogP contribution in [0.3, 0.4) is 0 Å². The Labute approximate surface area is 113 Å². The van der Waals surface area contributed by atoms with Gasteiger partial charge in [0.1, 0.15) is 5.52 Å². The predicted octanol–water partition coefficient (Wildman–Crippen LogP) is 2.18. The molecular formula is C14H22N4O. The van der Waals surface area contributed by atoms with Crippen molar-refractivity contribution in [2.45, 2.75) is 32.8 Å². The zero-order chi connectivity index (χ0) is 13.8. The van der Waals surface area contributed by atoms with Crippen molar-refractivity contribution in [3.05, 3.63) is 18.6 Å². The number of aromatic nitrogens is 3. The minimum Gasteiger partial charge on any atom is -0.391 e. The molecule has 1 atom stereocenters. The van der Waals surface area contributed by atoms with Crippen LogP contribution in [0.2, 0.25) is 0 Å². The van der Waals surface area contributed by atoms with Gasteiger partial charge in [-0.25, -0.2) is 9.97 Å². The number of imidazole rings is 1. The fourth-order valence-corrected chi connectivity index (χ4v) is 2.39. The van der Waals surface area contributed by atoms with E-state index >= 15 is 0 Å². The monoisotopic (exact) mass is 262 g/mol. The number of anilines is 1. The summed E-state index contributed by atoms with van der Waals surface area (Å²) in [5.74, 6) is 1.07. The fourth-order valence-electron chi connectivity index (χ4n) is 2.39. The first-order valence-corrected chi connectivity index (χ1v) is 6.85. The van der Waals surface area contributed by atoms with Crippen LogP contribution in [0.25, 0.3) is 11.0 Å². The number of nitrogens with one attached hydrogen (secondary N) is 1. The Morgan fingerprint density at radius 2 is 2.05 bits per heavy atom. The van der Waals surface area contributed by atoms with Gasteiger partial charge in [-0.1, -0.05) is 26.7 Å². The first-order chi connectivity index (χ1) is 9.17. The molecule has 0 saturated carbocycles. The van der Waals surface area contributed by atoms with E-state index in [1.165, 1.54) is 0 Å². The van der Waals surface area contributed by atoms with E-state index in [0.29, 0.717) is 12.5 Å². The van der Waals surface area contributed by atoms with Crippen molar-refractivity contribution in [3.63, 3.8) is 0 Å². The largest absolute Gasteiger partial charge is 0.391 e.